The van der Waals surface area contributed by atoms with Gasteiger partial charge in [-0.1, -0.05) is 30.2 Å². The first-order chi connectivity index (χ1) is 17.1. The van der Waals surface area contributed by atoms with E-state index in [0.29, 0.717) is 22.3 Å². The zero-order chi connectivity index (χ0) is 24.2. The molecule has 2 saturated heterocycles. The van der Waals surface area contributed by atoms with Crippen LogP contribution >= 0.6 is 11.6 Å². The lowest BCUT2D eigenvalue weighted by Gasteiger charge is -2.25. The maximum Gasteiger partial charge on any atom is 0.415 e. The van der Waals surface area contributed by atoms with Crippen LogP contribution in [0.2, 0.25) is 5.02 Å². The van der Waals surface area contributed by atoms with Crippen LogP contribution < -0.4 is 9.64 Å². The summed E-state index contributed by atoms with van der Waals surface area (Å²) in [7, 11) is 1.62. The average Bonchev–Trinajstić information content (AvgIpc) is 3.47. The molecular weight excluding hydrogens is 468 g/mol. The minimum Gasteiger partial charge on any atom is -0.497 e. The van der Waals surface area contributed by atoms with Gasteiger partial charge >= 0.3 is 6.09 Å². The molecule has 2 aliphatic rings. The lowest BCUT2D eigenvalue weighted by Crippen LogP contribution is -2.32. The van der Waals surface area contributed by atoms with Gasteiger partial charge in [0.15, 0.2) is 5.82 Å². The van der Waals surface area contributed by atoms with Gasteiger partial charge in [-0.05, 0) is 73.1 Å². The SMILES string of the molecule is COc1cccc([C@H]2[C@H](Cn3nnc(CCN4CCCCC4)n3)OC(=O)N2c2ccc(Cl)cc2)c1. The van der Waals surface area contributed by atoms with Crippen LogP contribution in [0.25, 0.3) is 0 Å². The highest BCUT2D eigenvalue weighted by molar-refractivity contribution is 6.30. The molecule has 2 aliphatic heterocycles. The van der Waals surface area contributed by atoms with Crippen molar-refractivity contribution in [3.63, 3.8) is 0 Å². The third-order valence-electron chi connectivity index (χ3n) is 6.56. The highest BCUT2D eigenvalue weighted by Crippen LogP contribution is 2.39. The van der Waals surface area contributed by atoms with Crippen LogP contribution in [0.3, 0.4) is 0 Å². The molecule has 3 heterocycles. The zero-order valence-electron chi connectivity index (χ0n) is 19.7. The van der Waals surface area contributed by atoms with Crippen LogP contribution in [0, 0.1) is 0 Å². The van der Waals surface area contributed by atoms with Gasteiger partial charge in [0.1, 0.15) is 24.4 Å². The maximum absolute atomic E-state index is 13.0. The topological polar surface area (TPSA) is 85.6 Å². The van der Waals surface area contributed by atoms with Crippen molar-refractivity contribution in [2.24, 2.45) is 0 Å². The minimum atomic E-state index is -0.519. The number of rotatable bonds is 8. The fraction of sp³-hybridized carbons (Fsp3) is 0.440. The zero-order valence-corrected chi connectivity index (χ0v) is 20.5. The van der Waals surface area contributed by atoms with Gasteiger partial charge in [-0.15, -0.1) is 10.2 Å². The number of nitrogens with zero attached hydrogens (tertiary/aromatic N) is 6. The van der Waals surface area contributed by atoms with Crippen LogP contribution in [0.15, 0.2) is 48.5 Å². The van der Waals surface area contributed by atoms with Crippen molar-refractivity contribution < 1.29 is 14.3 Å². The summed E-state index contributed by atoms with van der Waals surface area (Å²) < 4.78 is 11.3. The Morgan fingerprint density at radius 2 is 1.91 bits per heavy atom. The molecule has 2 fully saturated rings. The first-order valence-electron chi connectivity index (χ1n) is 12.0. The summed E-state index contributed by atoms with van der Waals surface area (Å²) in [4.78, 5) is 18.7. The molecule has 2 aromatic carbocycles. The minimum absolute atomic E-state index is 0.286. The Morgan fingerprint density at radius 1 is 1.11 bits per heavy atom. The molecule has 0 unspecified atom stereocenters. The van der Waals surface area contributed by atoms with Gasteiger partial charge in [0.2, 0.25) is 0 Å². The van der Waals surface area contributed by atoms with E-state index in [2.05, 4.69) is 20.3 Å². The third-order valence-corrected chi connectivity index (χ3v) is 6.81. The number of hydrogen-bond donors (Lipinski definition) is 0. The van der Waals surface area contributed by atoms with E-state index in [1.54, 1.807) is 24.1 Å². The number of carbonyl (C=O) groups is 1. The highest BCUT2D eigenvalue weighted by Gasteiger charge is 2.44. The van der Waals surface area contributed by atoms with Crippen molar-refractivity contribution >= 4 is 23.4 Å². The Morgan fingerprint density at radius 3 is 2.69 bits per heavy atom. The summed E-state index contributed by atoms with van der Waals surface area (Å²) in [6.45, 7) is 3.49. The third kappa shape index (κ3) is 5.41. The van der Waals surface area contributed by atoms with Crippen LogP contribution in [0.1, 0.15) is 36.7 Å². The summed E-state index contributed by atoms with van der Waals surface area (Å²) in [6.07, 6.45) is 3.61. The summed E-state index contributed by atoms with van der Waals surface area (Å²) >= 11 is 6.08. The summed E-state index contributed by atoms with van der Waals surface area (Å²) in [5, 5.41) is 13.7. The predicted octanol–water partition coefficient (Wildman–Crippen LogP) is 4.13. The molecule has 35 heavy (non-hydrogen) atoms. The summed E-state index contributed by atoms with van der Waals surface area (Å²) in [5.41, 5.74) is 1.59. The van der Waals surface area contributed by atoms with Gasteiger partial charge in [0.25, 0.3) is 0 Å². The van der Waals surface area contributed by atoms with E-state index in [4.69, 9.17) is 21.1 Å². The number of aromatic nitrogens is 4. The van der Waals surface area contributed by atoms with Crippen LogP contribution in [0.4, 0.5) is 10.5 Å². The molecule has 5 rings (SSSR count). The molecule has 1 amide bonds. The van der Waals surface area contributed by atoms with Gasteiger partial charge in [0.05, 0.1) is 7.11 Å². The van der Waals surface area contributed by atoms with E-state index in [1.807, 2.05) is 36.4 Å². The number of benzene rings is 2. The van der Waals surface area contributed by atoms with E-state index in [-0.39, 0.29) is 6.54 Å². The number of carbonyl (C=O) groups excluding carboxylic acids is 1. The van der Waals surface area contributed by atoms with E-state index in [1.165, 1.54) is 24.1 Å². The van der Waals surface area contributed by atoms with Crippen molar-refractivity contribution in [2.75, 3.05) is 31.6 Å². The molecule has 0 spiro atoms. The Balaban J connectivity index is 1.36. The predicted molar refractivity (Wildman–Crippen MR) is 132 cm³/mol. The number of hydrogen-bond acceptors (Lipinski definition) is 7. The van der Waals surface area contributed by atoms with Crippen LogP contribution in [0.5, 0.6) is 5.75 Å². The molecular formula is C25H29ClN6O3. The van der Waals surface area contributed by atoms with Crippen LogP contribution in [-0.4, -0.2) is 64.0 Å². The van der Waals surface area contributed by atoms with Crippen molar-refractivity contribution in [3.05, 3.63) is 64.9 Å². The molecule has 9 nitrogen and oxygen atoms in total. The Kier molecular flexibility index (Phi) is 7.15. The number of methoxy groups -OCH3 is 1. The maximum atomic E-state index is 13.0. The Hall–Kier alpha value is -3.17. The molecule has 0 radical (unpaired) electrons. The number of likely N-dealkylation sites (tertiary alicyclic amines) is 1. The van der Waals surface area contributed by atoms with E-state index in [9.17, 15) is 4.79 Å². The van der Waals surface area contributed by atoms with Crippen molar-refractivity contribution in [1.82, 2.24) is 25.1 Å². The number of halogens is 1. The molecule has 10 heteroatoms. The molecule has 0 bridgehead atoms. The summed E-state index contributed by atoms with van der Waals surface area (Å²) in [5.74, 6) is 1.41. The first kappa shape index (κ1) is 23.6. The average molecular weight is 497 g/mol. The molecule has 1 aromatic heterocycles. The van der Waals surface area contributed by atoms with Gasteiger partial charge in [-0.2, -0.15) is 4.80 Å². The van der Waals surface area contributed by atoms with E-state index in [0.717, 1.165) is 31.6 Å². The highest BCUT2D eigenvalue weighted by atomic mass is 35.5. The number of anilines is 1. The van der Waals surface area contributed by atoms with Crippen LogP contribution in [-0.2, 0) is 17.7 Å². The Labute approximate surface area is 209 Å². The lowest BCUT2D eigenvalue weighted by molar-refractivity contribution is 0.114. The second-order valence-electron chi connectivity index (χ2n) is 8.90. The largest absolute Gasteiger partial charge is 0.497 e. The van der Waals surface area contributed by atoms with Crippen molar-refractivity contribution in [2.45, 2.75) is 44.4 Å². The van der Waals surface area contributed by atoms with Gasteiger partial charge in [0, 0.05) is 23.7 Å². The van der Waals surface area contributed by atoms with Crippen molar-refractivity contribution in [1.29, 1.82) is 0 Å². The fourth-order valence-corrected chi connectivity index (χ4v) is 4.91. The van der Waals surface area contributed by atoms with Crippen molar-refractivity contribution in [3.8, 4) is 5.75 Å². The summed E-state index contributed by atoms with van der Waals surface area (Å²) in [6, 6.07) is 14.4. The van der Waals surface area contributed by atoms with E-state index >= 15 is 0 Å². The van der Waals surface area contributed by atoms with Gasteiger partial charge in [-0.25, -0.2) is 4.79 Å². The Bertz CT molecular complexity index is 1150. The number of amides is 1. The molecule has 0 aliphatic carbocycles. The lowest BCUT2D eigenvalue weighted by atomic mass is 9.99. The number of ether oxygens (including phenoxy) is 2. The molecule has 3 aromatic rings. The second-order valence-corrected chi connectivity index (χ2v) is 9.34. The molecule has 184 valence electrons. The molecule has 0 N–H and O–H groups in total. The monoisotopic (exact) mass is 496 g/mol. The molecule has 0 saturated carbocycles. The number of piperidine rings is 1. The van der Waals surface area contributed by atoms with Gasteiger partial charge < -0.3 is 14.4 Å². The standard InChI is InChI=1S/C25H29ClN6O3/c1-34-21-7-5-6-18(16-21)24-22(35-25(33)32(24)20-10-8-19(26)9-11-20)17-31-28-23(27-29-31)12-15-30-13-3-2-4-14-30/h5-11,16,22,24H,2-4,12-15,17H2,1H3/t22-,24-/m0/s1. The van der Waals surface area contributed by atoms with Gasteiger partial charge in [-0.3, -0.25) is 4.90 Å². The normalized spacial score (nSPS) is 20.7. The molecule has 2 atom stereocenters. The van der Waals surface area contributed by atoms with E-state index < -0.39 is 18.2 Å². The number of tetrazole rings is 1. The fourth-order valence-electron chi connectivity index (χ4n) is 4.78. The number of cyclic esters (lactones) is 1. The quantitative estimate of drug-likeness (QED) is 0.463. The second kappa shape index (κ2) is 10.6. The smallest absolute Gasteiger partial charge is 0.415 e. The first-order valence-corrected chi connectivity index (χ1v) is 12.4.